The van der Waals surface area contributed by atoms with E-state index in [0.717, 1.165) is 34.5 Å². The summed E-state index contributed by atoms with van der Waals surface area (Å²) >= 11 is 0. The van der Waals surface area contributed by atoms with Gasteiger partial charge in [0.2, 0.25) is 0 Å². The van der Waals surface area contributed by atoms with Gasteiger partial charge in [-0.1, -0.05) is 86.6 Å². The predicted molar refractivity (Wildman–Crippen MR) is 142 cm³/mol. The minimum atomic E-state index is -4.38. The smallest absolute Gasteiger partial charge is 0.291 e. The highest BCUT2D eigenvalue weighted by molar-refractivity contribution is 5.36. The van der Waals surface area contributed by atoms with Gasteiger partial charge in [0.1, 0.15) is 0 Å². The Morgan fingerprint density at radius 3 is 1.92 bits per heavy atom. The van der Waals surface area contributed by atoms with Crippen molar-refractivity contribution < 1.29 is 13.2 Å². The summed E-state index contributed by atoms with van der Waals surface area (Å²) in [4.78, 5) is 21.1. The molecule has 1 aliphatic rings. The zero-order chi connectivity index (χ0) is 27.1. The first kappa shape index (κ1) is 25.9. The van der Waals surface area contributed by atoms with E-state index in [1.54, 1.807) is 10.9 Å². The lowest BCUT2D eigenvalue weighted by Gasteiger charge is -2.42. The summed E-state index contributed by atoms with van der Waals surface area (Å²) in [6.45, 7) is 7.07. The van der Waals surface area contributed by atoms with E-state index in [1.165, 1.54) is 12.1 Å². The topological polar surface area (TPSA) is 38.1 Å². The van der Waals surface area contributed by atoms with Crippen LogP contribution in [0.2, 0.25) is 0 Å². The summed E-state index contributed by atoms with van der Waals surface area (Å²) < 4.78 is 40.9. The number of benzene rings is 3. The van der Waals surface area contributed by atoms with Gasteiger partial charge in [0.05, 0.1) is 29.2 Å². The number of fused-ring (bicyclic) bond motifs is 1. The van der Waals surface area contributed by atoms with Gasteiger partial charge in [-0.3, -0.25) is 14.3 Å². The molecule has 1 aromatic heterocycles. The van der Waals surface area contributed by atoms with E-state index >= 15 is 0 Å². The molecule has 4 aromatic rings. The van der Waals surface area contributed by atoms with Crippen LogP contribution in [0.15, 0.2) is 96.1 Å². The SMILES string of the molecule is CC(c1ccc(C(F)(F)F)cc1)N1Cc2c(ncn(C(c3ccccc3)c3ccccc3)c2=O)C(C)(C)C1. The largest absolute Gasteiger partial charge is 0.416 e. The number of aromatic nitrogens is 2. The number of halogens is 3. The van der Waals surface area contributed by atoms with Crippen molar-refractivity contribution in [1.82, 2.24) is 14.5 Å². The summed E-state index contributed by atoms with van der Waals surface area (Å²) in [5.74, 6) is 0. The van der Waals surface area contributed by atoms with Gasteiger partial charge in [0.25, 0.3) is 5.56 Å². The van der Waals surface area contributed by atoms with Crippen molar-refractivity contribution in [2.24, 2.45) is 0 Å². The molecule has 0 N–H and O–H groups in total. The van der Waals surface area contributed by atoms with Gasteiger partial charge in [0, 0.05) is 24.5 Å². The fourth-order valence-electron chi connectivity index (χ4n) is 5.48. The van der Waals surface area contributed by atoms with Crippen molar-refractivity contribution >= 4 is 0 Å². The molecule has 38 heavy (non-hydrogen) atoms. The molecule has 0 radical (unpaired) electrons. The maximum atomic E-state index is 14.1. The van der Waals surface area contributed by atoms with Crippen molar-refractivity contribution in [2.45, 2.75) is 51.0 Å². The molecule has 0 saturated carbocycles. The van der Waals surface area contributed by atoms with Crippen LogP contribution in [-0.2, 0) is 18.1 Å². The van der Waals surface area contributed by atoms with Gasteiger partial charge in [0.15, 0.2) is 0 Å². The number of hydrogen-bond acceptors (Lipinski definition) is 3. The molecular formula is C31H30F3N3O. The summed E-state index contributed by atoms with van der Waals surface area (Å²) in [6, 6.07) is 24.5. The van der Waals surface area contributed by atoms with Crippen LogP contribution in [0.25, 0.3) is 0 Å². The van der Waals surface area contributed by atoms with Crippen molar-refractivity contribution in [1.29, 1.82) is 0 Å². The number of rotatable bonds is 5. The van der Waals surface area contributed by atoms with E-state index in [9.17, 15) is 18.0 Å². The van der Waals surface area contributed by atoms with Gasteiger partial charge in [-0.15, -0.1) is 0 Å². The Bertz CT molecular complexity index is 1420. The standard InChI is InChI=1S/C31H30F3N3O/c1-21(22-14-16-25(17-15-22)31(32,33)34)36-18-26-28(30(2,3)19-36)35-20-37(29(26)38)27(23-10-6-4-7-11-23)24-12-8-5-9-13-24/h4-17,20-21,27H,18-19H2,1-3H3. The minimum Gasteiger partial charge on any atom is -0.291 e. The molecule has 2 heterocycles. The van der Waals surface area contributed by atoms with E-state index < -0.39 is 17.2 Å². The first-order valence-electron chi connectivity index (χ1n) is 12.7. The van der Waals surface area contributed by atoms with Gasteiger partial charge in [-0.05, 0) is 35.7 Å². The van der Waals surface area contributed by atoms with Crippen LogP contribution >= 0.6 is 0 Å². The number of nitrogens with zero attached hydrogens (tertiary/aromatic N) is 3. The molecule has 1 aliphatic heterocycles. The zero-order valence-corrected chi connectivity index (χ0v) is 21.6. The maximum Gasteiger partial charge on any atom is 0.416 e. The Kier molecular flexibility index (Phi) is 6.73. The summed E-state index contributed by atoms with van der Waals surface area (Å²) in [5, 5.41) is 0. The molecule has 196 valence electrons. The summed E-state index contributed by atoms with van der Waals surface area (Å²) in [7, 11) is 0. The Morgan fingerprint density at radius 2 is 1.39 bits per heavy atom. The molecule has 0 amide bonds. The zero-order valence-electron chi connectivity index (χ0n) is 21.6. The summed E-state index contributed by atoms with van der Waals surface area (Å²) in [6.07, 6.45) is -2.72. The van der Waals surface area contributed by atoms with E-state index in [2.05, 4.69) is 18.7 Å². The fraction of sp³-hybridized carbons (Fsp3) is 0.290. The van der Waals surface area contributed by atoms with Crippen LogP contribution in [0.5, 0.6) is 0 Å². The van der Waals surface area contributed by atoms with Crippen molar-refractivity contribution in [3.63, 3.8) is 0 Å². The minimum absolute atomic E-state index is 0.106. The van der Waals surface area contributed by atoms with E-state index in [4.69, 9.17) is 4.98 Å². The van der Waals surface area contributed by atoms with Gasteiger partial charge in [-0.25, -0.2) is 4.98 Å². The van der Waals surface area contributed by atoms with Crippen LogP contribution < -0.4 is 5.56 Å². The molecular weight excluding hydrogens is 487 g/mol. The molecule has 0 bridgehead atoms. The van der Waals surface area contributed by atoms with Crippen molar-refractivity contribution in [3.05, 3.63) is 135 Å². The van der Waals surface area contributed by atoms with E-state index in [1.807, 2.05) is 67.6 Å². The fourth-order valence-corrected chi connectivity index (χ4v) is 5.48. The molecule has 0 spiro atoms. The number of alkyl halides is 3. The first-order chi connectivity index (χ1) is 18.1. The molecule has 0 fully saturated rings. The first-order valence-corrected chi connectivity index (χ1v) is 12.7. The third-order valence-electron chi connectivity index (χ3n) is 7.47. The Hall–Kier alpha value is -3.71. The summed E-state index contributed by atoms with van der Waals surface area (Å²) in [5.41, 5.74) is 2.94. The highest BCUT2D eigenvalue weighted by atomic mass is 19.4. The Morgan fingerprint density at radius 1 is 0.842 bits per heavy atom. The lowest BCUT2D eigenvalue weighted by Crippen LogP contribution is -2.47. The molecule has 0 aliphatic carbocycles. The molecule has 3 aromatic carbocycles. The second kappa shape index (κ2) is 9.87. The lowest BCUT2D eigenvalue weighted by molar-refractivity contribution is -0.137. The molecule has 5 rings (SSSR count). The second-order valence-corrected chi connectivity index (χ2v) is 10.6. The second-order valence-electron chi connectivity index (χ2n) is 10.6. The average Bonchev–Trinajstić information content (AvgIpc) is 2.90. The molecule has 7 heteroatoms. The monoisotopic (exact) mass is 517 g/mol. The average molecular weight is 518 g/mol. The van der Waals surface area contributed by atoms with E-state index in [0.29, 0.717) is 18.7 Å². The van der Waals surface area contributed by atoms with Crippen LogP contribution in [0.4, 0.5) is 13.2 Å². The molecule has 1 unspecified atom stereocenters. The van der Waals surface area contributed by atoms with Gasteiger partial charge >= 0.3 is 6.18 Å². The number of hydrogen-bond donors (Lipinski definition) is 0. The van der Waals surface area contributed by atoms with Crippen LogP contribution in [-0.4, -0.2) is 21.0 Å². The highest BCUT2D eigenvalue weighted by Gasteiger charge is 2.38. The molecule has 0 saturated heterocycles. The van der Waals surface area contributed by atoms with Crippen LogP contribution in [0.1, 0.15) is 66.4 Å². The van der Waals surface area contributed by atoms with Crippen LogP contribution in [0, 0.1) is 0 Å². The Labute approximate surface area is 220 Å². The highest BCUT2D eigenvalue weighted by Crippen LogP contribution is 2.36. The third kappa shape index (κ3) is 4.90. The van der Waals surface area contributed by atoms with Crippen molar-refractivity contribution in [3.8, 4) is 0 Å². The lowest BCUT2D eigenvalue weighted by atomic mass is 9.81. The van der Waals surface area contributed by atoms with Gasteiger partial charge in [-0.2, -0.15) is 13.2 Å². The van der Waals surface area contributed by atoms with Crippen LogP contribution in [0.3, 0.4) is 0 Å². The van der Waals surface area contributed by atoms with E-state index in [-0.39, 0.29) is 17.6 Å². The maximum absolute atomic E-state index is 14.1. The van der Waals surface area contributed by atoms with Crippen molar-refractivity contribution in [2.75, 3.05) is 6.54 Å². The normalized spacial score (nSPS) is 16.3. The Balaban J connectivity index is 1.55. The predicted octanol–water partition coefficient (Wildman–Crippen LogP) is 6.75. The quantitative estimate of drug-likeness (QED) is 0.294. The molecule has 4 nitrogen and oxygen atoms in total. The third-order valence-corrected chi connectivity index (χ3v) is 7.47. The van der Waals surface area contributed by atoms with Gasteiger partial charge < -0.3 is 0 Å². The molecule has 1 atom stereocenters.